The van der Waals surface area contributed by atoms with Crippen molar-refractivity contribution in [3.05, 3.63) is 18.0 Å². The van der Waals surface area contributed by atoms with Gasteiger partial charge in [-0.25, -0.2) is 9.97 Å². The van der Waals surface area contributed by atoms with Crippen molar-refractivity contribution in [2.45, 2.75) is 20.0 Å². The summed E-state index contributed by atoms with van der Waals surface area (Å²) in [7, 11) is 0. The highest BCUT2D eigenvalue weighted by molar-refractivity contribution is 5.30. The molecule has 1 aliphatic rings. The van der Waals surface area contributed by atoms with E-state index in [9.17, 15) is 0 Å². The Morgan fingerprint density at radius 1 is 1.57 bits per heavy atom. The number of rotatable bonds is 1. The van der Waals surface area contributed by atoms with Crippen molar-refractivity contribution in [2.75, 3.05) is 24.6 Å². The van der Waals surface area contributed by atoms with E-state index in [0.717, 1.165) is 31.3 Å². The Kier molecular flexibility index (Phi) is 2.63. The molecule has 2 heterocycles. The van der Waals surface area contributed by atoms with E-state index in [1.54, 1.807) is 6.20 Å². The van der Waals surface area contributed by atoms with Gasteiger partial charge in [-0.3, -0.25) is 0 Å². The van der Waals surface area contributed by atoms with Crippen LogP contribution in [0.2, 0.25) is 0 Å². The first-order valence-electron chi connectivity index (χ1n) is 4.92. The average Bonchev–Trinajstić information content (AvgIpc) is 2.18. The number of hydrogen-bond acceptors (Lipinski definition) is 4. The summed E-state index contributed by atoms with van der Waals surface area (Å²) in [6.45, 7) is 6.58. The zero-order valence-electron chi connectivity index (χ0n) is 8.60. The summed E-state index contributed by atoms with van der Waals surface area (Å²) in [6, 6.07) is 1.91. The third-order valence-corrected chi connectivity index (χ3v) is 2.31. The van der Waals surface area contributed by atoms with Crippen LogP contribution in [0.1, 0.15) is 12.6 Å². The van der Waals surface area contributed by atoms with Gasteiger partial charge in [-0.05, 0) is 19.9 Å². The van der Waals surface area contributed by atoms with Gasteiger partial charge in [0.25, 0.3) is 0 Å². The number of ether oxygens (including phenoxy) is 1. The first kappa shape index (κ1) is 9.40. The summed E-state index contributed by atoms with van der Waals surface area (Å²) in [5.41, 5.74) is 1.01. The lowest BCUT2D eigenvalue weighted by Gasteiger charge is -2.31. The molecule has 1 saturated heterocycles. The maximum absolute atomic E-state index is 5.46. The molecule has 0 radical (unpaired) electrons. The summed E-state index contributed by atoms with van der Waals surface area (Å²) in [4.78, 5) is 10.8. The van der Waals surface area contributed by atoms with E-state index in [0.29, 0.717) is 0 Å². The molecule has 0 spiro atoms. The SMILES string of the molecule is Cc1ccnc(N2CCOC(C)C2)n1. The maximum Gasteiger partial charge on any atom is 0.225 e. The second-order valence-electron chi connectivity index (χ2n) is 3.63. The standard InChI is InChI=1S/C10H15N3O/c1-8-3-4-11-10(12-8)13-5-6-14-9(2)7-13/h3-4,9H,5-7H2,1-2H3. The number of aryl methyl sites for hydroxylation is 1. The van der Waals surface area contributed by atoms with E-state index in [-0.39, 0.29) is 6.10 Å². The predicted octanol–water partition coefficient (Wildman–Crippen LogP) is 1.01. The lowest BCUT2D eigenvalue weighted by molar-refractivity contribution is 0.0526. The Bertz CT molecular complexity index is 316. The Labute approximate surface area is 83.9 Å². The lowest BCUT2D eigenvalue weighted by Crippen LogP contribution is -2.42. The fraction of sp³-hybridized carbons (Fsp3) is 0.600. The van der Waals surface area contributed by atoms with Gasteiger partial charge in [0.05, 0.1) is 12.7 Å². The van der Waals surface area contributed by atoms with E-state index in [1.807, 2.05) is 13.0 Å². The second kappa shape index (κ2) is 3.92. The zero-order valence-corrected chi connectivity index (χ0v) is 8.60. The van der Waals surface area contributed by atoms with Crippen LogP contribution in [0, 0.1) is 6.92 Å². The highest BCUT2D eigenvalue weighted by Gasteiger charge is 2.18. The van der Waals surface area contributed by atoms with Crippen LogP contribution in [0.3, 0.4) is 0 Å². The van der Waals surface area contributed by atoms with Gasteiger partial charge in [0.2, 0.25) is 5.95 Å². The van der Waals surface area contributed by atoms with Crippen LogP contribution in [0.4, 0.5) is 5.95 Å². The molecule has 4 nitrogen and oxygen atoms in total. The molecule has 2 rings (SSSR count). The van der Waals surface area contributed by atoms with Gasteiger partial charge < -0.3 is 9.64 Å². The Hall–Kier alpha value is -1.16. The van der Waals surface area contributed by atoms with Crippen LogP contribution < -0.4 is 4.90 Å². The molecule has 0 aliphatic carbocycles. The highest BCUT2D eigenvalue weighted by atomic mass is 16.5. The summed E-state index contributed by atoms with van der Waals surface area (Å²) in [5, 5.41) is 0. The predicted molar refractivity (Wildman–Crippen MR) is 54.4 cm³/mol. The van der Waals surface area contributed by atoms with Gasteiger partial charge >= 0.3 is 0 Å². The van der Waals surface area contributed by atoms with Crippen molar-refractivity contribution < 1.29 is 4.74 Å². The van der Waals surface area contributed by atoms with Gasteiger partial charge in [-0.15, -0.1) is 0 Å². The van der Waals surface area contributed by atoms with Crippen molar-refractivity contribution in [1.82, 2.24) is 9.97 Å². The topological polar surface area (TPSA) is 38.2 Å². The van der Waals surface area contributed by atoms with Crippen LogP contribution in [0.25, 0.3) is 0 Å². The van der Waals surface area contributed by atoms with Crippen molar-refractivity contribution >= 4 is 5.95 Å². The molecular weight excluding hydrogens is 178 g/mol. The van der Waals surface area contributed by atoms with Crippen LogP contribution in [-0.4, -0.2) is 35.8 Å². The minimum atomic E-state index is 0.271. The molecule has 1 aromatic heterocycles. The summed E-state index contributed by atoms with van der Waals surface area (Å²) in [6.07, 6.45) is 2.07. The molecule has 1 atom stereocenters. The molecule has 14 heavy (non-hydrogen) atoms. The Morgan fingerprint density at radius 2 is 2.43 bits per heavy atom. The van der Waals surface area contributed by atoms with Crippen molar-refractivity contribution in [2.24, 2.45) is 0 Å². The molecular formula is C10H15N3O. The number of aromatic nitrogens is 2. The monoisotopic (exact) mass is 193 g/mol. The molecule has 1 unspecified atom stereocenters. The van der Waals surface area contributed by atoms with E-state index in [2.05, 4.69) is 21.8 Å². The molecule has 0 amide bonds. The van der Waals surface area contributed by atoms with Crippen LogP contribution in [-0.2, 0) is 4.74 Å². The molecule has 0 saturated carbocycles. The van der Waals surface area contributed by atoms with Gasteiger partial charge in [0.15, 0.2) is 0 Å². The third kappa shape index (κ3) is 2.01. The summed E-state index contributed by atoms with van der Waals surface area (Å²) in [5.74, 6) is 0.820. The molecule has 76 valence electrons. The maximum atomic E-state index is 5.46. The smallest absolute Gasteiger partial charge is 0.225 e. The van der Waals surface area contributed by atoms with E-state index >= 15 is 0 Å². The quantitative estimate of drug-likeness (QED) is 0.667. The fourth-order valence-corrected chi connectivity index (χ4v) is 1.59. The minimum Gasteiger partial charge on any atom is -0.375 e. The van der Waals surface area contributed by atoms with Gasteiger partial charge in [-0.1, -0.05) is 0 Å². The molecule has 1 aromatic rings. The van der Waals surface area contributed by atoms with Crippen LogP contribution in [0.15, 0.2) is 12.3 Å². The molecule has 0 bridgehead atoms. The first-order valence-corrected chi connectivity index (χ1v) is 4.92. The molecule has 0 aromatic carbocycles. The van der Waals surface area contributed by atoms with Crippen molar-refractivity contribution in [3.8, 4) is 0 Å². The lowest BCUT2D eigenvalue weighted by atomic mass is 10.3. The largest absolute Gasteiger partial charge is 0.375 e. The number of morpholine rings is 1. The number of hydrogen-bond donors (Lipinski definition) is 0. The molecule has 1 fully saturated rings. The Morgan fingerprint density at radius 3 is 3.14 bits per heavy atom. The van der Waals surface area contributed by atoms with Gasteiger partial charge in [0.1, 0.15) is 0 Å². The summed E-state index contributed by atoms with van der Waals surface area (Å²) < 4.78 is 5.46. The summed E-state index contributed by atoms with van der Waals surface area (Å²) >= 11 is 0. The third-order valence-electron chi connectivity index (χ3n) is 2.31. The van der Waals surface area contributed by atoms with E-state index in [4.69, 9.17) is 4.74 Å². The molecule has 0 N–H and O–H groups in total. The van der Waals surface area contributed by atoms with Crippen LogP contribution >= 0.6 is 0 Å². The van der Waals surface area contributed by atoms with E-state index < -0.39 is 0 Å². The average molecular weight is 193 g/mol. The van der Waals surface area contributed by atoms with Gasteiger partial charge in [-0.2, -0.15) is 0 Å². The second-order valence-corrected chi connectivity index (χ2v) is 3.63. The van der Waals surface area contributed by atoms with Crippen molar-refractivity contribution in [1.29, 1.82) is 0 Å². The minimum absolute atomic E-state index is 0.271. The van der Waals surface area contributed by atoms with Crippen LogP contribution in [0.5, 0.6) is 0 Å². The number of nitrogens with zero attached hydrogens (tertiary/aromatic N) is 3. The molecule has 1 aliphatic heterocycles. The zero-order chi connectivity index (χ0) is 9.97. The van der Waals surface area contributed by atoms with E-state index in [1.165, 1.54) is 0 Å². The number of anilines is 1. The van der Waals surface area contributed by atoms with Crippen molar-refractivity contribution in [3.63, 3.8) is 0 Å². The van der Waals surface area contributed by atoms with Gasteiger partial charge in [0, 0.05) is 25.0 Å². The Balaban J connectivity index is 2.14. The normalized spacial score (nSPS) is 22.4. The first-order chi connectivity index (χ1) is 6.75. The fourth-order valence-electron chi connectivity index (χ4n) is 1.59. The highest BCUT2D eigenvalue weighted by Crippen LogP contribution is 2.12. The molecule has 4 heteroatoms.